The summed E-state index contributed by atoms with van der Waals surface area (Å²) >= 11 is 0. The average molecular weight is 426 g/mol. The van der Waals surface area contributed by atoms with E-state index in [9.17, 15) is 0 Å². The van der Waals surface area contributed by atoms with Crippen LogP contribution in [0.4, 0.5) is 0 Å². The standard InChI is InChI=1S/C29H48N2/c1-27(2)20-16-13-11-9-7-5-3-4-6-8-10-12-14-19-23-29-30-24-25-31(29)26-28-21-17-15-18-22-28/h15,17-18,21-22,24-25,27H,3-14,16,19-20,23,26H2,1-2H3/p+1. The summed E-state index contributed by atoms with van der Waals surface area (Å²) in [6.45, 7) is 5.65. The third-order valence-corrected chi connectivity index (χ3v) is 6.49. The summed E-state index contributed by atoms with van der Waals surface area (Å²) in [5.74, 6) is 2.25. The van der Waals surface area contributed by atoms with E-state index in [0.717, 1.165) is 18.9 Å². The predicted molar refractivity (Wildman–Crippen MR) is 134 cm³/mol. The molecule has 174 valence electrons. The van der Waals surface area contributed by atoms with Gasteiger partial charge in [0.05, 0.1) is 0 Å². The maximum absolute atomic E-state index is 3.44. The number of nitrogens with one attached hydrogen (secondary N) is 1. The first-order chi connectivity index (χ1) is 15.3. The third-order valence-electron chi connectivity index (χ3n) is 6.49. The summed E-state index contributed by atoms with van der Waals surface area (Å²) in [4.78, 5) is 3.44. The van der Waals surface area contributed by atoms with Gasteiger partial charge in [0.1, 0.15) is 18.9 Å². The molecule has 1 N–H and O–H groups in total. The van der Waals surface area contributed by atoms with Crippen molar-refractivity contribution < 1.29 is 4.57 Å². The van der Waals surface area contributed by atoms with Crippen molar-refractivity contribution in [1.29, 1.82) is 0 Å². The first kappa shape index (κ1) is 25.7. The lowest BCUT2D eigenvalue weighted by Crippen LogP contribution is -2.36. The van der Waals surface area contributed by atoms with Gasteiger partial charge in [0, 0.05) is 6.42 Å². The Bertz CT molecular complexity index is 644. The average Bonchev–Trinajstić information content (AvgIpc) is 3.20. The highest BCUT2D eigenvalue weighted by Gasteiger charge is 2.10. The summed E-state index contributed by atoms with van der Waals surface area (Å²) in [5, 5.41) is 0. The molecular formula is C29H49N2+. The SMILES string of the molecule is CC(C)CCCCCCCCCCCCCCCCc1[nH]cc[n+]1Cc1ccccc1. The van der Waals surface area contributed by atoms with Gasteiger partial charge >= 0.3 is 0 Å². The van der Waals surface area contributed by atoms with Gasteiger partial charge < -0.3 is 0 Å². The molecule has 2 aromatic rings. The lowest BCUT2D eigenvalue weighted by Gasteiger charge is -2.05. The van der Waals surface area contributed by atoms with Crippen LogP contribution in [-0.2, 0) is 13.0 Å². The maximum Gasteiger partial charge on any atom is 0.254 e. The molecule has 0 atom stereocenters. The number of unbranched alkanes of at least 4 members (excludes halogenated alkanes) is 13. The largest absolute Gasteiger partial charge is 0.254 e. The normalized spacial score (nSPS) is 11.5. The molecule has 2 nitrogen and oxygen atoms in total. The molecule has 0 bridgehead atoms. The number of aromatic nitrogens is 2. The van der Waals surface area contributed by atoms with Gasteiger partial charge in [-0.15, -0.1) is 0 Å². The van der Waals surface area contributed by atoms with E-state index >= 15 is 0 Å². The molecule has 0 aliphatic rings. The first-order valence-corrected chi connectivity index (χ1v) is 13.4. The molecule has 1 aromatic heterocycles. The fraction of sp³-hybridized carbons (Fsp3) is 0.690. The summed E-state index contributed by atoms with van der Waals surface area (Å²) in [6.07, 6.45) is 26.8. The molecule has 1 heterocycles. The van der Waals surface area contributed by atoms with Gasteiger partial charge in [0.25, 0.3) is 5.82 Å². The molecule has 0 aliphatic heterocycles. The van der Waals surface area contributed by atoms with Crippen LogP contribution in [0.15, 0.2) is 42.7 Å². The van der Waals surface area contributed by atoms with Crippen molar-refractivity contribution in [3.05, 3.63) is 54.1 Å². The Morgan fingerprint density at radius 1 is 0.677 bits per heavy atom. The van der Waals surface area contributed by atoms with Gasteiger partial charge in [-0.25, -0.2) is 9.55 Å². The van der Waals surface area contributed by atoms with Gasteiger partial charge in [-0.1, -0.05) is 134 Å². The molecule has 0 fully saturated rings. The van der Waals surface area contributed by atoms with Gasteiger partial charge in [0.2, 0.25) is 0 Å². The molecular weight excluding hydrogens is 376 g/mol. The smallest absolute Gasteiger partial charge is 0.248 e. The van der Waals surface area contributed by atoms with Crippen molar-refractivity contribution in [3.63, 3.8) is 0 Å². The van der Waals surface area contributed by atoms with Crippen LogP contribution in [0.25, 0.3) is 0 Å². The van der Waals surface area contributed by atoms with Crippen molar-refractivity contribution in [2.24, 2.45) is 5.92 Å². The molecule has 1 aromatic carbocycles. The molecule has 2 rings (SSSR count). The number of hydrogen-bond acceptors (Lipinski definition) is 0. The van der Waals surface area contributed by atoms with E-state index in [2.05, 4.69) is 66.1 Å². The van der Waals surface area contributed by atoms with Crippen molar-refractivity contribution in [3.8, 4) is 0 Å². The Morgan fingerprint density at radius 3 is 1.74 bits per heavy atom. The summed E-state index contributed by atoms with van der Waals surface area (Å²) in [6, 6.07) is 10.7. The number of imidazole rings is 1. The number of H-pyrrole nitrogens is 1. The highest BCUT2D eigenvalue weighted by Crippen LogP contribution is 2.15. The highest BCUT2D eigenvalue weighted by atomic mass is 15.1. The number of benzene rings is 1. The number of rotatable bonds is 19. The monoisotopic (exact) mass is 425 g/mol. The quantitative estimate of drug-likeness (QED) is 0.172. The van der Waals surface area contributed by atoms with Crippen molar-refractivity contribution >= 4 is 0 Å². The van der Waals surface area contributed by atoms with Crippen LogP contribution in [0.5, 0.6) is 0 Å². The zero-order valence-corrected chi connectivity index (χ0v) is 20.6. The van der Waals surface area contributed by atoms with E-state index in [1.54, 1.807) is 0 Å². The second-order valence-corrected chi connectivity index (χ2v) is 9.90. The van der Waals surface area contributed by atoms with E-state index in [1.165, 1.54) is 108 Å². The minimum Gasteiger partial charge on any atom is -0.248 e. The predicted octanol–water partition coefficient (Wildman–Crippen LogP) is 8.40. The second kappa shape index (κ2) is 17.0. The Kier molecular flexibility index (Phi) is 14.1. The van der Waals surface area contributed by atoms with Gasteiger partial charge in [-0.3, -0.25) is 0 Å². The molecule has 31 heavy (non-hydrogen) atoms. The van der Waals surface area contributed by atoms with Gasteiger partial charge in [0.15, 0.2) is 0 Å². The zero-order valence-electron chi connectivity index (χ0n) is 20.6. The fourth-order valence-corrected chi connectivity index (χ4v) is 4.51. The molecule has 0 aliphatic carbocycles. The van der Waals surface area contributed by atoms with Crippen LogP contribution in [0.3, 0.4) is 0 Å². The van der Waals surface area contributed by atoms with Crippen LogP contribution < -0.4 is 4.57 Å². The Hall–Kier alpha value is -1.57. The molecule has 0 unspecified atom stereocenters. The topological polar surface area (TPSA) is 19.7 Å². The number of aryl methyl sites for hydroxylation is 1. The van der Waals surface area contributed by atoms with Crippen LogP contribution in [0.1, 0.15) is 122 Å². The Labute approximate surface area is 192 Å². The van der Waals surface area contributed by atoms with Crippen LogP contribution in [-0.4, -0.2) is 4.98 Å². The Balaban J connectivity index is 1.36. The molecule has 0 saturated carbocycles. The van der Waals surface area contributed by atoms with Gasteiger partial charge in [-0.2, -0.15) is 0 Å². The van der Waals surface area contributed by atoms with E-state index in [0.29, 0.717) is 0 Å². The van der Waals surface area contributed by atoms with E-state index < -0.39 is 0 Å². The molecule has 0 spiro atoms. The van der Waals surface area contributed by atoms with Crippen molar-refractivity contribution in [2.45, 2.75) is 123 Å². The lowest BCUT2D eigenvalue weighted by atomic mass is 10.0. The summed E-state index contributed by atoms with van der Waals surface area (Å²) < 4.78 is 2.36. The molecule has 0 saturated heterocycles. The molecule has 0 amide bonds. The minimum absolute atomic E-state index is 0.885. The summed E-state index contributed by atoms with van der Waals surface area (Å²) in [7, 11) is 0. The minimum atomic E-state index is 0.885. The number of nitrogens with zero attached hydrogens (tertiary/aromatic N) is 1. The van der Waals surface area contributed by atoms with Crippen LogP contribution >= 0.6 is 0 Å². The molecule has 0 radical (unpaired) electrons. The second-order valence-electron chi connectivity index (χ2n) is 9.90. The van der Waals surface area contributed by atoms with Crippen molar-refractivity contribution in [2.75, 3.05) is 0 Å². The van der Waals surface area contributed by atoms with E-state index in [4.69, 9.17) is 0 Å². The third kappa shape index (κ3) is 12.8. The van der Waals surface area contributed by atoms with Gasteiger partial charge in [-0.05, 0) is 17.9 Å². The van der Waals surface area contributed by atoms with Crippen molar-refractivity contribution in [1.82, 2.24) is 4.98 Å². The number of aromatic amines is 1. The Morgan fingerprint density at radius 2 is 1.19 bits per heavy atom. The fourth-order valence-electron chi connectivity index (χ4n) is 4.51. The summed E-state index contributed by atoms with van der Waals surface area (Å²) in [5.41, 5.74) is 1.37. The highest BCUT2D eigenvalue weighted by molar-refractivity contribution is 5.13. The number of hydrogen-bond donors (Lipinski definition) is 1. The van der Waals surface area contributed by atoms with Crippen LogP contribution in [0, 0.1) is 5.92 Å². The zero-order chi connectivity index (χ0) is 22.0. The van der Waals surface area contributed by atoms with E-state index in [-0.39, 0.29) is 0 Å². The molecule has 2 heteroatoms. The maximum atomic E-state index is 3.44. The lowest BCUT2D eigenvalue weighted by molar-refractivity contribution is -0.694. The van der Waals surface area contributed by atoms with Crippen LogP contribution in [0.2, 0.25) is 0 Å². The van der Waals surface area contributed by atoms with E-state index in [1.807, 2.05) is 0 Å². The first-order valence-electron chi connectivity index (χ1n) is 13.4.